The first-order chi connectivity index (χ1) is 15.9. The van der Waals surface area contributed by atoms with E-state index in [4.69, 9.17) is 0 Å². The van der Waals surface area contributed by atoms with Crippen molar-refractivity contribution in [3.8, 4) is 0 Å². The highest BCUT2D eigenvalue weighted by Gasteiger charge is 2.12. The number of nitrogens with one attached hydrogen (secondary N) is 2. The van der Waals surface area contributed by atoms with Crippen LogP contribution in [0.25, 0.3) is 0 Å². The van der Waals surface area contributed by atoms with E-state index in [2.05, 4.69) is 38.3 Å². The zero-order chi connectivity index (χ0) is 23.4. The number of benzene rings is 3. The molecule has 2 N–H and O–H groups in total. The molecule has 4 aromatic rings. The first-order valence-electron chi connectivity index (χ1n) is 10.0. The summed E-state index contributed by atoms with van der Waals surface area (Å²) in [5, 5.41) is 9.64. The number of aromatic nitrogens is 2. The predicted octanol–water partition coefficient (Wildman–Crippen LogP) is 4.76. The van der Waals surface area contributed by atoms with Crippen LogP contribution in [0, 0.1) is 3.57 Å². The van der Waals surface area contributed by atoms with E-state index in [1.807, 2.05) is 12.1 Å². The lowest BCUT2D eigenvalue weighted by Crippen LogP contribution is -2.13. The van der Waals surface area contributed by atoms with Gasteiger partial charge >= 0.3 is 0 Å². The standard InChI is InChI=1S/C25H19IN4O3/c1-30-15-14-22(29-30)25(33)28-21-12-6-17(7-13-21)23(31)16-4-10-20(11-5-16)27-24(32)18-2-8-19(26)9-3-18/h2-15H,1H3,(H,27,32)(H,28,33). The van der Waals surface area contributed by atoms with Gasteiger partial charge in [0, 0.05) is 44.9 Å². The van der Waals surface area contributed by atoms with Gasteiger partial charge in [-0.1, -0.05) is 0 Å². The van der Waals surface area contributed by atoms with Crippen LogP contribution in [0.3, 0.4) is 0 Å². The van der Waals surface area contributed by atoms with Gasteiger partial charge in [-0.25, -0.2) is 0 Å². The molecule has 1 aromatic heterocycles. The van der Waals surface area contributed by atoms with Crippen molar-refractivity contribution in [2.45, 2.75) is 0 Å². The number of hydrogen-bond donors (Lipinski definition) is 2. The van der Waals surface area contributed by atoms with Crippen molar-refractivity contribution in [3.63, 3.8) is 0 Å². The SMILES string of the molecule is Cn1ccc(C(=O)Nc2ccc(C(=O)c3ccc(NC(=O)c4ccc(I)cc4)cc3)cc2)n1. The van der Waals surface area contributed by atoms with Crippen molar-refractivity contribution >= 4 is 51.6 Å². The summed E-state index contributed by atoms with van der Waals surface area (Å²) < 4.78 is 2.60. The molecule has 7 nitrogen and oxygen atoms in total. The Morgan fingerprint density at radius 2 is 1.18 bits per heavy atom. The van der Waals surface area contributed by atoms with Gasteiger partial charge in [0.1, 0.15) is 0 Å². The van der Waals surface area contributed by atoms with Gasteiger partial charge in [0.05, 0.1) is 0 Å². The Hall–Kier alpha value is -3.79. The first-order valence-corrected chi connectivity index (χ1v) is 11.1. The van der Waals surface area contributed by atoms with Crippen LogP contribution >= 0.6 is 22.6 Å². The molecular formula is C25H19IN4O3. The van der Waals surface area contributed by atoms with Crippen molar-refractivity contribution in [1.82, 2.24) is 9.78 Å². The van der Waals surface area contributed by atoms with Crippen LogP contribution in [-0.2, 0) is 7.05 Å². The predicted molar refractivity (Wildman–Crippen MR) is 135 cm³/mol. The molecule has 1 heterocycles. The summed E-state index contributed by atoms with van der Waals surface area (Å²) in [5.41, 5.74) is 3.02. The maximum Gasteiger partial charge on any atom is 0.276 e. The molecule has 2 amide bonds. The summed E-state index contributed by atoms with van der Waals surface area (Å²) in [6.07, 6.45) is 1.69. The normalized spacial score (nSPS) is 10.5. The van der Waals surface area contributed by atoms with Crippen LogP contribution in [0.5, 0.6) is 0 Å². The lowest BCUT2D eigenvalue weighted by molar-refractivity contribution is 0.101. The minimum atomic E-state index is -0.322. The third kappa shape index (κ3) is 5.53. The first kappa shape index (κ1) is 22.4. The van der Waals surface area contributed by atoms with Crippen molar-refractivity contribution in [2.24, 2.45) is 7.05 Å². The Balaban J connectivity index is 1.39. The molecular weight excluding hydrogens is 531 g/mol. The second-order valence-corrected chi connectivity index (χ2v) is 8.52. The molecule has 0 atom stereocenters. The molecule has 8 heteroatoms. The average molecular weight is 550 g/mol. The second-order valence-electron chi connectivity index (χ2n) is 7.27. The second kappa shape index (κ2) is 9.78. The Morgan fingerprint density at radius 3 is 1.67 bits per heavy atom. The zero-order valence-electron chi connectivity index (χ0n) is 17.6. The summed E-state index contributed by atoms with van der Waals surface area (Å²) >= 11 is 2.18. The number of ketones is 1. The van der Waals surface area contributed by atoms with Gasteiger partial charge in [-0.15, -0.1) is 0 Å². The molecule has 0 saturated carbocycles. The topological polar surface area (TPSA) is 93.1 Å². The number of carbonyl (C=O) groups is 3. The molecule has 0 aliphatic rings. The zero-order valence-corrected chi connectivity index (χ0v) is 19.7. The molecule has 3 aromatic carbocycles. The lowest BCUT2D eigenvalue weighted by Gasteiger charge is -2.08. The van der Waals surface area contributed by atoms with Gasteiger partial charge in [0.15, 0.2) is 11.5 Å². The van der Waals surface area contributed by atoms with E-state index in [1.165, 1.54) is 0 Å². The molecule has 0 saturated heterocycles. The quantitative estimate of drug-likeness (QED) is 0.268. The fraction of sp³-hybridized carbons (Fsp3) is 0.0400. The highest BCUT2D eigenvalue weighted by atomic mass is 127. The largest absolute Gasteiger partial charge is 0.322 e. The van der Waals surface area contributed by atoms with Crippen LogP contribution in [0.4, 0.5) is 11.4 Å². The van der Waals surface area contributed by atoms with Crippen molar-refractivity contribution in [2.75, 3.05) is 10.6 Å². The van der Waals surface area contributed by atoms with Crippen molar-refractivity contribution < 1.29 is 14.4 Å². The van der Waals surface area contributed by atoms with Crippen LogP contribution in [0.15, 0.2) is 85.1 Å². The lowest BCUT2D eigenvalue weighted by atomic mass is 10.0. The Bertz CT molecular complexity index is 1310. The summed E-state index contributed by atoms with van der Waals surface area (Å²) in [6, 6.07) is 22.3. The smallest absolute Gasteiger partial charge is 0.276 e. The molecule has 33 heavy (non-hydrogen) atoms. The van der Waals surface area contributed by atoms with E-state index in [0.717, 1.165) is 3.57 Å². The fourth-order valence-electron chi connectivity index (χ4n) is 3.11. The summed E-state index contributed by atoms with van der Waals surface area (Å²) in [7, 11) is 1.74. The average Bonchev–Trinajstić information content (AvgIpc) is 3.26. The number of anilines is 2. The molecule has 0 aliphatic carbocycles. The van der Waals surface area contributed by atoms with Gasteiger partial charge in [0.25, 0.3) is 11.8 Å². The molecule has 164 valence electrons. The Morgan fingerprint density at radius 1 is 0.697 bits per heavy atom. The van der Waals surface area contributed by atoms with Crippen LogP contribution in [-0.4, -0.2) is 27.4 Å². The monoisotopic (exact) mass is 550 g/mol. The van der Waals surface area contributed by atoms with Crippen molar-refractivity contribution in [3.05, 3.63) is 111 Å². The minimum Gasteiger partial charge on any atom is -0.322 e. The van der Waals surface area contributed by atoms with Gasteiger partial charge < -0.3 is 10.6 Å². The van der Waals surface area contributed by atoms with E-state index in [1.54, 1.807) is 84.7 Å². The number of aryl methyl sites for hydroxylation is 1. The molecule has 4 rings (SSSR count). The van der Waals surface area contributed by atoms with Crippen LogP contribution < -0.4 is 10.6 Å². The van der Waals surface area contributed by atoms with Gasteiger partial charge in [-0.05, 0) is 101 Å². The van der Waals surface area contributed by atoms with Crippen LogP contribution in [0.1, 0.15) is 36.8 Å². The number of hydrogen-bond acceptors (Lipinski definition) is 4. The summed E-state index contributed by atoms with van der Waals surface area (Å²) in [4.78, 5) is 37.4. The fourth-order valence-corrected chi connectivity index (χ4v) is 3.47. The minimum absolute atomic E-state index is 0.159. The number of halogens is 1. The number of amides is 2. The number of nitrogens with zero attached hydrogens (tertiary/aromatic N) is 2. The van der Waals surface area contributed by atoms with E-state index >= 15 is 0 Å². The summed E-state index contributed by atoms with van der Waals surface area (Å²) in [6.45, 7) is 0. The van der Waals surface area contributed by atoms with Crippen molar-refractivity contribution in [1.29, 1.82) is 0 Å². The molecule has 0 spiro atoms. The number of carbonyl (C=O) groups excluding carboxylic acids is 3. The molecule has 0 fully saturated rings. The molecule has 0 bridgehead atoms. The summed E-state index contributed by atoms with van der Waals surface area (Å²) in [5.74, 6) is -0.695. The third-order valence-electron chi connectivity index (χ3n) is 4.86. The van der Waals surface area contributed by atoms with E-state index in [9.17, 15) is 14.4 Å². The maximum absolute atomic E-state index is 12.8. The molecule has 0 radical (unpaired) electrons. The highest BCUT2D eigenvalue weighted by molar-refractivity contribution is 14.1. The third-order valence-corrected chi connectivity index (χ3v) is 5.58. The van der Waals surface area contributed by atoms with E-state index in [-0.39, 0.29) is 17.6 Å². The van der Waals surface area contributed by atoms with Gasteiger partial charge in [0.2, 0.25) is 0 Å². The van der Waals surface area contributed by atoms with Gasteiger partial charge in [-0.3, -0.25) is 19.1 Å². The van der Waals surface area contributed by atoms with E-state index < -0.39 is 0 Å². The highest BCUT2D eigenvalue weighted by Crippen LogP contribution is 2.17. The molecule has 0 unspecified atom stereocenters. The van der Waals surface area contributed by atoms with Crippen LogP contribution in [0.2, 0.25) is 0 Å². The molecule has 0 aliphatic heterocycles. The Kier molecular flexibility index (Phi) is 6.64. The Labute approximate surface area is 204 Å². The maximum atomic E-state index is 12.8. The van der Waals surface area contributed by atoms with Gasteiger partial charge in [-0.2, -0.15) is 5.10 Å². The van der Waals surface area contributed by atoms with E-state index in [0.29, 0.717) is 33.8 Å². The number of rotatable bonds is 6.